The summed E-state index contributed by atoms with van der Waals surface area (Å²) in [6, 6.07) is 0.0686. The predicted octanol–water partition coefficient (Wildman–Crippen LogP) is 9.24. The Morgan fingerprint density at radius 3 is 2.21 bits per heavy atom. The van der Waals surface area contributed by atoms with Crippen LogP contribution in [0, 0.1) is 81.8 Å². The van der Waals surface area contributed by atoms with Crippen LogP contribution in [0.25, 0.3) is 0 Å². The number of aromatic nitrogens is 2. The van der Waals surface area contributed by atoms with Gasteiger partial charge in [-0.05, 0) is 157 Å². The fourth-order valence-corrected chi connectivity index (χ4v) is 16.2. The monoisotopic (exact) mass is 789 g/mol. The summed E-state index contributed by atoms with van der Waals surface area (Å²) in [5.74, 6) is 1.79. The molecular formula is C48H76N4O5. The van der Waals surface area contributed by atoms with E-state index in [0.29, 0.717) is 36.0 Å². The maximum Gasteiger partial charge on any atom is 0.309 e. The van der Waals surface area contributed by atoms with Crippen LogP contribution in [0.15, 0.2) is 0 Å². The molecule has 1 aromatic heterocycles. The third kappa shape index (κ3) is 5.81. The Bertz CT molecular complexity index is 1780. The molecule has 1 amide bonds. The molecule has 57 heavy (non-hydrogen) atoms. The van der Waals surface area contributed by atoms with Gasteiger partial charge in [0, 0.05) is 30.7 Å². The second-order valence-corrected chi connectivity index (χ2v) is 22.9. The first-order valence-electron chi connectivity index (χ1n) is 23.1. The highest BCUT2D eigenvalue weighted by atomic mass is 16.5. The lowest BCUT2D eigenvalue weighted by molar-refractivity contribution is -0.250. The summed E-state index contributed by atoms with van der Waals surface area (Å²) in [6.45, 7) is 23.5. The first kappa shape index (κ1) is 41.3. The van der Waals surface area contributed by atoms with Crippen LogP contribution in [0.5, 0.6) is 0 Å². The fourth-order valence-electron chi connectivity index (χ4n) is 16.2. The quantitative estimate of drug-likeness (QED) is 0.262. The van der Waals surface area contributed by atoms with Crippen molar-refractivity contribution in [2.45, 2.75) is 171 Å². The minimum Gasteiger partial charge on any atom is -0.481 e. The molecule has 0 aromatic carbocycles. The number of hydrogen-bond donors (Lipinski definition) is 1. The highest BCUT2D eigenvalue weighted by molar-refractivity contribution is 5.84. The molecule has 8 rings (SSSR count). The zero-order chi connectivity index (χ0) is 41.2. The van der Waals surface area contributed by atoms with E-state index >= 15 is 4.79 Å². The van der Waals surface area contributed by atoms with Gasteiger partial charge in [0.1, 0.15) is 11.9 Å². The maximum atomic E-state index is 15.4. The molecule has 2 heterocycles. The number of amides is 1. The third-order valence-electron chi connectivity index (χ3n) is 19.9. The lowest BCUT2D eigenvalue weighted by atomic mass is 9.32. The van der Waals surface area contributed by atoms with E-state index in [9.17, 15) is 14.7 Å². The van der Waals surface area contributed by atoms with E-state index in [4.69, 9.17) is 9.72 Å². The number of esters is 1. The minimum atomic E-state index is -0.810. The van der Waals surface area contributed by atoms with Gasteiger partial charge >= 0.3 is 11.9 Å². The van der Waals surface area contributed by atoms with E-state index in [1.807, 2.05) is 13.8 Å². The third-order valence-corrected chi connectivity index (χ3v) is 19.9. The Morgan fingerprint density at radius 1 is 0.789 bits per heavy atom. The van der Waals surface area contributed by atoms with Gasteiger partial charge in [-0.25, -0.2) is 4.98 Å². The highest BCUT2D eigenvalue weighted by Gasteiger charge is 2.71. The van der Waals surface area contributed by atoms with E-state index in [-0.39, 0.29) is 51.1 Å². The first-order chi connectivity index (χ1) is 26.6. The molecule has 6 saturated carbocycles. The molecular weight excluding hydrogens is 713 g/mol. The molecule has 2 unspecified atom stereocenters. The first-order valence-corrected chi connectivity index (χ1v) is 23.1. The van der Waals surface area contributed by atoms with Crippen molar-refractivity contribution in [3.8, 4) is 0 Å². The highest BCUT2D eigenvalue weighted by Crippen LogP contribution is 2.77. The summed E-state index contributed by atoms with van der Waals surface area (Å²) < 4.78 is 8.87. The van der Waals surface area contributed by atoms with E-state index in [0.717, 1.165) is 82.5 Å². The number of aliphatic carboxylic acids is 1. The second-order valence-electron chi connectivity index (χ2n) is 22.9. The van der Waals surface area contributed by atoms with Crippen molar-refractivity contribution >= 4 is 17.8 Å². The number of likely N-dealkylation sites (tertiary alicyclic amines) is 1. The van der Waals surface area contributed by atoms with E-state index in [1.165, 1.54) is 37.8 Å². The molecule has 7 aliphatic rings. The van der Waals surface area contributed by atoms with Crippen LogP contribution in [0.1, 0.15) is 162 Å². The lowest BCUT2D eigenvalue weighted by Crippen LogP contribution is -2.67. The zero-order valence-corrected chi connectivity index (χ0v) is 37.5. The van der Waals surface area contributed by atoms with Crippen LogP contribution < -0.4 is 0 Å². The Hall–Kier alpha value is -2.42. The summed E-state index contributed by atoms with van der Waals surface area (Å²) in [5.41, 5.74) is 1.88. The number of carbonyl (C=O) groups excluding carboxylic acids is 2. The van der Waals surface area contributed by atoms with Gasteiger partial charge in [-0.3, -0.25) is 14.4 Å². The molecule has 0 bridgehead atoms. The molecule has 1 aliphatic heterocycles. The Morgan fingerprint density at radius 2 is 1.53 bits per heavy atom. The summed E-state index contributed by atoms with van der Waals surface area (Å²) in [6.07, 6.45) is 14.6. The molecule has 1 saturated heterocycles. The summed E-state index contributed by atoms with van der Waals surface area (Å²) >= 11 is 0. The zero-order valence-electron chi connectivity index (χ0n) is 37.5. The maximum absolute atomic E-state index is 15.4. The average molecular weight is 789 g/mol. The molecule has 1 N–H and O–H groups in total. The summed E-state index contributed by atoms with van der Waals surface area (Å²) in [4.78, 5) is 50.6. The smallest absolute Gasteiger partial charge is 0.309 e. The number of aryl methyl sites for hydroxylation is 1. The SMILES string of the molecule is Cc1nc([C@@H]2CCCN2C(=O)[C@]23CCC[C@@H]2[C@H]2CCC4[C@@]5(C)CC[C@H](OC(=O)[C@H]6C[C@@H](C(=O)O)C6(C)C)C(C)(C)C5CC[C@@]4(C)[C@]2(C)CC3)n(CCN(C)C)c1C. The molecule has 9 heteroatoms. The number of nitrogens with zero attached hydrogens (tertiary/aromatic N) is 4. The Labute approximate surface area is 343 Å². The van der Waals surface area contributed by atoms with Gasteiger partial charge in [0.2, 0.25) is 5.91 Å². The molecule has 6 aliphatic carbocycles. The number of fused-ring (bicyclic) bond motifs is 7. The van der Waals surface area contributed by atoms with E-state index < -0.39 is 17.3 Å². The van der Waals surface area contributed by atoms with Crippen molar-refractivity contribution in [3.05, 3.63) is 17.2 Å². The number of carboxylic acid groups (broad SMARTS) is 1. The average Bonchev–Trinajstić information content (AvgIpc) is 3.86. The van der Waals surface area contributed by atoms with Crippen molar-refractivity contribution in [1.29, 1.82) is 0 Å². The molecule has 318 valence electrons. The van der Waals surface area contributed by atoms with Gasteiger partial charge in [0.25, 0.3) is 0 Å². The summed E-state index contributed by atoms with van der Waals surface area (Å²) in [7, 11) is 4.26. The van der Waals surface area contributed by atoms with Crippen LogP contribution in [-0.2, 0) is 25.7 Å². The molecule has 12 atom stereocenters. The van der Waals surface area contributed by atoms with Crippen molar-refractivity contribution in [1.82, 2.24) is 19.4 Å². The number of carboxylic acids is 1. The van der Waals surface area contributed by atoms with Gasteiger partial charge in [-0.1, -0.05) is 54.9 Å². The number of ether oxygens (including phenoxy) is 1. The number of carbonyl (C=O) groups is 3. The molecule has 7 fully saturated rings. The van der Waals surface area contributed by atoms with Crippen molar-refractivity contribution < 1.29 is 24.2 Å². The van der Waals surface area contributed by atoms with E-state index in [1.54, 1.807) is 0 Å². The van der Waals surface area contributed by atoms with Gasteiger partial charge in [0.15, 0.2) is 0 Å². The Balaban J connectivity index is 1.01. The second kappa shape index (κ2) is 13.8. The van der Waals surface area contributed by atoms with Crippen molar-refractivity contribution in [2.24, 2.45) is 68.0 Å². The number of hydrogen-bond acceptors (Lipinski definition) is 6. The van der Waals surface area contributed by atoms with Crippen LogP contribution in [0.2, 0.25) is 0 Å². The molecule has 0 spiro atoms. The normalized spacial score (nSPS) is 43.1. The molecule has 9 nitrogen and oxygen atoms in total. The largest absolute Gasteiger partial charge is 0.481 e. The van der Waals surface area contributed by atoms with Gasteiger partial charge in [0.05, 0.1) is 29.0 Å². The standard InChI is InChI=1S/C48H76N4O5/c1-29-30(2)51(27-26-50(10)11)39(49-29)35-15-13-25-52(35)42(56)48-20-12-14-32(48)31-16-17-37-45(7)21-19-38(57-41(55)34-28-33(40(53)54)43(34,3)4)44(5,6)36(45)18-22-47(37,9)46(31,8)23-24-48/h31-38H,12-28H2,1-11H3,(H,53,54)/t31-,32-,33+,34-,35+,36?,37?,38+,45+,46-,47-,48+/m1/s1. The number of imidazole rings is 1. The van der Waals surface area contributed by atoms with Gasteiger partial charge in [-0.2, -0.15) is 0 Å². The van der Waals surface area contributed by atoms with E-state index in [2.05, 4.69) is 76.9 Å². The van der Waals surface area contributed by atoms with Crippen LogP contribution in [0.3, 0.4) is 0 Å². The van der Waals surface area contributed by atoms with Crippen LogP contribution in [-0.4, -0.2) is 75.6 Å². The van der Waals surface area contributed by atoms with Crippen LogP contribution in [0.4, 0.5) is 0 Å². The topological polar surface area (TPSA) is 105 Å². The van der Waals surface area contributed by atoms with Gasteiger partial charge < -0.3 is 24.2 Å². The molecule has 1 aromatic rings. The lowest BCUT2D eigenvalue weighted by Gasteiger charge is -2.72. The minimum absolute atomic E-state index is 0.0686. The predicted molar refractivity (Wildman–Crippen MR) is 222 cm³/mol. The van der Waals surface area contributed by atoms with Crippen molar-refractivity contribution in [3.63, 3.8) is 0 Å². The number of likely N-dealkylation sites (N-methyl/N-ethyl adjacent to an activating group) is 1. The fraction of sp³-hybridized carbons (Fsp3) is 0.875. The summed E-state index contributed by atoms with van der Waals surface area (Å²) in [5, 5.41) is 9.68. The van der Waals surface area contributed by atoms with Crippen molar-refractivity contribution in [2.75, 3.05) is 27.2 Å². The number of rotatable bonds is 8. The Kier molecular flexibility index (Phi) is 10.0. The molecule has 0 radical (unpaired) electrons. The van der Waals surface area contributed by atoms with Gasteiger partial charge in [-0.15, -0.1) is 0 Å². The van der Waals surface area contributed by atoms with Crippen LogP contribution >= 0.6 is 0 Å².